The zero-order chi connectivity index (χ0) is 23.9. The molecular weight excluding hydrogens is 396 g/mol. The summed E-state index contributed by atoms with van der Waals surface area (Å²) in [5.41, 5.74) is 12.3. The van der Waals surface area contributed by atoms with E-state index in [1.807, 2.05) is 11.9 Å². The van der Waals surface area contributed by atoms with E-state index in [-0.39, 0.29) is 18.5 Å². The Labute approximate surface area is 200 Å². The third-order valence-electron chi connectivity index (χ3n) is 6.41. The number of unbranched alkanes of at least 4 members (excludes halogenated alkanes) is 15. The average Bonchev–Trinajstić information content (AvgIpc) is 2.80. The van der Waals surface area contributed by atoms with Crippen molar-refractivity contribution < 1.29 is 4.79 Å². The van der Waals surface area contributed by atoms with Gasteiger partial charge in [0.15, 0.2) is 0 Å². The van der Waals surface area contributed by atoms with Gasteiger partial charge in [-0.15, -0.1) is 0 Å². The predicted molar refractivity (Wildman–Crippen MR) is 141 cm³/mol. The van der Waals surface area contributed by atoms with E-state index in [1.165, 1.54) is 96.3 Å². The molecule has 0 aliphatic heterocycles. The molecule has 0 aromatic rings. The second-order valence-electron chi connectivity index (χ2n) is 9.53. The van der Waals surface area contributed by atoms with Crippen LogP contribution in [0.1, 0.15) is 122 Å². The van der Waals surface area contributed by atoms with E-state index in [4.69, 9.17) is 11.5 Å². The van der Waals surface area contributed by atoms with Crippen molar-refractivity contribution in [2.24, 2.45) is 11.5 Å². The molecule has 0 radical (unpaired) electrons. The van der Waals surface area contributed by atoms with E-state index in [2.05, 4.69) is 18.8 Å². The molecule has 190 valence electrons. The van der Waals surface area contributed by atoms with Gasteiger partial charge in [0, 0.05) is 25.3 Å². The zero-order valence-corrected chi connectivity index (χ0v) is 21.6. The molecule has 0 spiro atoms. The van der Waals surface area contributed by atoms with Crippen molar-refractivity contribution in [1.29, 1.82) is 0 Å². The quantitative estimate of drug-likeness (QED) is 0.160. The summed E-state index contributed by atoms with van der Waals surface area (Å²) >= 11 is 0. The maximum Gasteiger partial charge on any atom is 0.241 e. The minimum absolute atomic E-state index is 0.0955. The monoisotopic (exact) mass is 452 g/mol. The first-order chi connectivity index (χ1) is 15.5. The first-order valence-electron chi connectivity index (χ1n) is 13.6. The summed E-state index contributed by atoms with van der Waals surface area (Å²) < 4.78 is 0. The van der Waals surface area contributed by atoms with Crippen LogP contribution in [-0.2, 0) is 4.79 Å². The van der Waals surface area contributed by atoms with Gasteiger partial charge >= 0.3 is 0 Å². The van der Waals surface area contributed by atoms with Crippen molar-refractivity contribution in [3.05, 3.63) is 12.3 Å². The molecule has 0 fully saturated rings. The van der Waals surface area contributed by atoms with E-state index in [0.717, 1.165) is 31.5 Å². The fourth-order valence-electron chi connectivity index (χ4n) is 3.99. The third-order valence-corrected chi connectivity index (χ3v) is 6.41. The molecule has 0 aromatic carbocycles. The van der Waals surface area contributed by atoms with Crippen LogP contribution in [0.5, 0.6) is 0 Å². The van der Waals surface area contributed by atoms with Crippen LogP contribution in [0.15, 0.2) is 12.3 Å². The van der Waals surface area contributed by atoms with Crippen molar-refractivity contribution in [2.75, 3.05) is 26.7 Å². The lowest BCUT2D eigenvalue weighted by atomic mass is 10.0. The minimum Gasteiger partial charge on any atom is -0.379 e. The lowest BCUT2D eigenvalue weighted by Crippen LogP contribution is -2.39. The van der Waals surface area contributed by atoms with Gasteiger partial charge < -0.3 is 21.7 Å². The molecule has 0 rings (SSSR count). The molecule has 0 aliphatic rings. The van der Waals surface area contributed by atoms with Crippen LogP contribution in [-0.4, -0.2) is 43.5 Å². The van der Waals surface area contributed by atoms with Gasteiger partial charge in [0.05, 0.1) is 6.54 Å². The fourth-order valence-corrected chi connectivity index (χ4v) is 3.99. The van der Waals surface area contributed by atoms with Crippen LogP contribution >= 0.6 is 0 Å². The molecule has 0 saturated heterocycles. The Morgan fingerprint density at radius 1 is 0.812 bits per heavy atom. The molecule has 5 nitrogen and oxygen atoms in total. The van der Waals surface area contributed by atoms with Crippen molar-refractivity contribution >= 4 is 5.91 Å². The van der Waals surface area contributed by atoms with E-state index in [0.29, 0.717) is 6.54 Å². The van der Waals surface area contributed by atoms with Crippen molar-refractivity contribution in [3.8, 4) is 0 Å². The number of carbonyl (C=O) groups excluding carboxylic acids is 1. The average molecular weight is 453 g/mol. The van der Waals surface area contributed by atoms with Gasteiger partial charge in [-0.1, -0.05) is 110 Å². The van der Waals surface area contributed by atoms with Gasteiger partial charge in [-0.2, -0.15) is 0 Å². The standard InChI is InChI=1S/C27H56N4O/c1-4-5-6-7-8-9-10-11-12-13-14-15-16-17-18-19-23-31(3)27(32)24-30-25(2)26(29)21-20-22-28/h26,30H,2,4-24,28-29H2,1,3H3/t26-/m0/s1. The summed E-state index contributed by atoms with van der Waals surface area (Å²) in [6, 6.07) is -0.142. The second kappa shape index (κ2) is 23.1. The van der Waals surface area contributed by atoms with E-state index >= 15 is 0 Å². The number of likely N-dealkylation sites (N-methyl/N-ethyl adjacent to an activating group) is 1. The molecule has 1 atom stereocenters. The van der Waals surface area contributed by atoms with Gasteiger partial charge in [0.1, 0.15) is 0 Å². The zero-order valence-electron chi connectivity index (χ0n) is 21.6. The molecule has 0 saturated carbocycles. The summed E-state index contributed by atoms with van der Waals surface area (Å²) in [4.78, 5) is 14.1. The Bertz CT molecular complexity index is 441. The first kappa shape index (κ1) is 30.9. The largest absolute Gasteiger partial charge is 0.379 e. The highest BCUT2D eigenvalue weighted by Gasteiger charge is 2.11. The molecule has 0 bridgehead atoms. The van der Waals surface area contributed by atoms with Gasteiger partial charge in [0.25, 0.3) is 0 Å². The number of carbonyl (C=O) groups is 1. The highest BCUT2D eigenvalue weighted by Crippen LogP contribution is 2.13. The third kappa shape index (κ3) is 19.6. The van der Waals surface area contributed by atoms with E-state index in [9.17, 15) is 4.79 Å². The van der Waals surface area contributed by atoms with Gasteiger partial charge in [0.2, 0.25) is 5.91 Å². The highest BCUT2D eigenvalue weighted by molar-refractivity contribution is 5.78. The summed E-state index contributed by atoms with van der Waals surface area (Å²) in [6.07, 6.45) is 23.5. The molecule has 0 aromatic heterocycles. The molecule has 0 unspecified atom stereocenters. The number of hydrogen-bond donors (Lipinski definition) is 3. The molecular formula is C27H56N4O. The van der Waals surface area contributed by atoms with Gasteiger partial charge in [-0.25, -0.2) is 0 Å². The van der Waals surface area contributed by atoms with Crippen LogP contribution in [0.2, 0.25) is 0 Å². The van der Waals surface area contributed by atoms with Crippen molar-refractivity contribution in [3.63, 3.8) is 0 Å². The highest BCUT2D eigenvalue weighted by atomic mass is 16.2. The smallest absolute Gasteiger partial charge is 0.241 e. The molecule has 0 heterocycles. The Balaban J connectivity index is 3.44. The second-order valence-corrected chi connectivity index (χ2v) is 9.53. The minimum atomic E-state index is -0.142. The van der Waals surface area contributed by atoms with Crippen LogP contribution in [0, 0.1) is 0 Å². The summed E-state index contributed by atoms with van der Waals surface area (Å²) in [5, 5.41) is 3.08. The lowest BCUT2D eigenvalue weighted by Gasteiger charge is -2.20. The predicted octanol–water partition coefficient (Wildman–Crippen LogP) is 5.88. The van der Waals surface area contributed by atoms with Crippen molar-refractivity contribution in [2.45, 2.75) is 129 Å². The van der Waals surface area contributed by atoms with Crippen molar-refractivity contribution in [1.82, 2.24) is 10.2 Å². The lowest BCUT2D eigenvalue weighted by molar-refractivity contribution is -0.128. The van der Waals surface area contributed by atoms with Crippen LogP contribution in [0.25, 0.3) is 0 Å². The number of nitrogens with zero attached hydrogens (tertiary/aromatic N) is 1. The fraction of sp³-hybridized carbons (Fsp3) is 0.889. The van der Waals surface area contributed by atoms with E-state index in [1.54, 1.807) is 0 Å². The Hall–Kier alpha value is -1.07. The molecule has 0 aliphatic carbocycles. The molecule has 32 heavy (non-hydrogen) atoms. The number of rotatable bonds is 24. The Morgan fingerprint density at radius 3 is 1.69 bits per heavy atom. The first-order valence-corrected chi connectivity index (χ1v) is 13.6. The maximum absolute atomic E-state index is 12.2. The summed E-state index contributed by atoms with van der Waals surface area (Å²) in [5.74, 6) is 0.0955. The number of nitrogens with one attached hydrogen (secondary N) is 1. The Kier molecular flexibility index (Phi) is 22.3. The topological polar surface area (TPSA) is 84.4 Å². The molecule has 5 heteroatoms. The van der Waals surface area contributed by atoms with Crippen LogP contribution in [0.4, 0.5) is 0 Å². The van der Waals surface area contributed by atoms with E-state index < -0.39 is 0 Å². The SMILES string of the molecule is C=C(NCC(=O)N(C)CCCCCCCCCCCCCCCCCC)[C@@H](N)CCCN. The van der Waals surface area contributed by atoms with Gasteiger partial charge in [-0.3, -0.25) is 4.79 Å². The normalized spacial score (nSPS) is 12.0. The molecule has 1 amide bonds. The van der Waals surface area contributed by atoms with Crippen LogP contribution in [0.3, 0.4) is 0 Å². The summed E-state index contributed by atoms with van der Waals surface area (Å²) in [7, 11) is 1.88. The van der Waals surface area contributed by atoms with Gasteiger partial charge in [-0.05, 0) is 25.8 Å². The maximum atomic E-state index is 12.2. The number of amides is 1. The summed E-state index contributed by atoms with van der Waals surface area (Å²) in [6.45, 7) is 7.94. The van der Waals surface area contributed by atoms with Crippen LogP contribution < -0.4 is 16.8 Å². The number of nitrogens with two attached hydrogens (primary N) is 2. The number of hydrogen-bond acceptors (Lipinski definition) is 4. The molecule has 5 N–H and O–H groups in total. The Morgan fingerprint density at radius 2 is 1.25 bits per heavy atom.